The van der Waals surface area contributed by atoms with Crippen molar-refractivity contribution in [1.82, 2.24) is 4.57 Å². The summed E-state index contributed by atoms with van der Waals surface area (Å²) in [6.45, 7) is 0.427. The molecule has 5 aromatic rings. The summed E-state index contributed by atoms with van der Waals surface area (Å²) in [5, 5.41) is 2.72. The van der Waals surface area contributed by atoms with E-state index in [9.17, 15) is 4.79 Å². The minimum absolute atomic E-state index is 0.427. The van der Waals surface area contributed by atoms with Gasteiger partial charge in [0.25, 0.3) is 0 Å². The fourth-order valence-corrected chi connectivity index (χ4v) is 4.37. The van der Waals surface area contributed by atoms with Crippen molar-refractivity contribution in [3.8, 4) is 11.3 Å². The number of carbonyl (C=O) groups excluding carboxylic acids is 1. The predicted molar refractivity (Wildman–Crippen MR) is 120 cm³/mol. The number of carbonyl (C=O) groups is 1. The van der Waals surface area contributed by atoms with Crippen molar-refractivity contribution in [1.29, 1.82) is 0 Å². The molecular weight excluding hydrogens is 419 g/mol. The van der Waals surface area contributed by atoms with Gasteiger partial charge in [0.2, 0.25) is 5.91 Å². The van der Waals surface area contributed by atoms with Gasteiger partial charge in [0, 0.05) is 37.5 Å². The van der Waals surface area contributed by atoms with Gasteiger partial charge in [-0.3, -0.25) is 4.79 Å². The normalized spacial score (nSPS) is 11.4. The van der Waals surface area contributed by atoms with Crippen LogP contribution in [-0.4, -0.2) is 10.5 Å². The van der Waals surface area contributed by atoms with E-state index in [1.807, 2.05) is 54.6 Å². The summed E-state index contributed by atoms with van der Waals surface area (Å²) in [4.78, 5) is 12.1. The lowest BCUT2D eigenvalue weighted by Gasteiger charge is -2.11. The topological polar surface area (TPSA) is 61.2 Å². The second kappa shape index (κ2) is 7.24. The van der Waals surface area contributed by atoms with E-state index in [-0.39, 0.29) is 0 Å². The quantitative estimate of drug-likeness (QED) is 0.360. The lowest BCUT2D eigenvalue weighted by molar-refractivity contribution is 0.100. The molecule has 0 bridgehead atoms. The van der Waals surface area contributed by atoms with E-state index >= 15 is 0 Å². The van der Waals surface area contributed by atoms with Crippen LogP contribution in [0.4, 0.5) is 0 Å². The zero-order chi connectivity index (χ0) is 20.8. The van der Waals surface area contributed by atoms with Crippen molar-refractivity contribution in [3.63, 3.8) is 0 Å². The lowest BCUT2D eigenvalue weighted by atomic mass is 10.0. The van der Waals surface area contributed by atoms with Gasteiger partial charge in [-0.25, -0.2) is 0 Å². The highest BCUT2D eigenvalue weighted by atomic mass is 35.5. The fraction of sp³-hybridized carbons (Fsp3) is 0.0417. The molecule has 1 amide bonds. The molecule has 4 nitrogen and oxygen atoms in total. The summed E-state index contributed by atoms with van der Waals surface area (Å²) in [7, 11) is 0. The Bertz CT molecular complexity index is 1400. The van der Waals surface area contributed by atoms with Gasteiger partial charge in [0.15, 0.2) is 0 Å². The van der Waals surface area contributed by atoms with Crippen LogP contribution in [0.25, 0.3) is 33.1 Å². The second-order valence-corrected chi connectivity index (χ2v) is 7.79. The summed E-state index contributed by atoms with van der Waals surface area (Å²) in [6.07, 6.45) is 1.63. The Kier molecular flexibility index (Phi) is 4.54. The van der Waals surface area contributed by atoms with Crippen LogP contribution in [0.3, 0.4) is 0 Å². The Morgan fingerprint density at radius 1 is 1.03 bits per heavy atom. The zero-order valence-electron chi connectivity index (χ0n) is 15.7. The van der Waals surface area contributed by atoms with Crippen molar-refractivity contribution in [2.45, 2.75) is 6.54 Å². The molecule has 3 aromatic carbocycles. The molecule has 0 aliphatic rings. The average molecular weight is 434 g/mol. The maximum atomic E-state index is 12.1. The molecule has 5 rings (SSSR count). The van der Waals surface area contributed by atoms with E-state index < -0.39 is 5.91 Å². The molecule has 0 aliphatic heterocycles. The van der Waals surface area contributed by atoms with Crippen LogP contribution in [0.1, 0.15) is 15.9 Å². The molecule has 2 aromatic heterocycles. The van der Waals surface area contributed by atoms with Crippen LogP contribution in [0, 0.1) is 6.07 Å². The number of primary amides is 1. The number of nitrogens with zero attached hydrogens (tertiary/aromatic N) is 1. The van der Waals surface area contributed by atoms with Crippen molar-refractivity contribution in [2.75, 3.05) is 0 Å². The Morgan fingerprint density at radius 3 is 2.50 bits per heavy atom. The second-order valence-electron chi connectivity index (χ2n) is 6.98. The Hall–Kier alpha value is -3.21. The third-order valence-electron chi connectivity index (χ3n) is 5.24. The van der Waals surface area contributed by atoms with Crippen LogP contribution < -0.4 is 5.73 Å². The first-order valence-corrected chi connectivity index (χ1v) is 10.0. The fourth-order valence-electron chi connectivity index (χ4n) is 3.86. The Labute approximate surface area is 182 Å². The van der Waals surface area contributed by atoms with Crippen LogP contribution in [0.2, 0.25) is 10.0 Å². The van der Waals surface area contributed by atoms with Gasteiger partial charge >= 0.3 is 0 Å². The number of furan rings is 1. The zero-order valence-corrected chi connectivity index (χ0v) is 17.2. The maximum absolute atomic E-state index is 12.1. The summed E-state index contributed by atoms with van der Waals surface area (Å²) in [5.74, 6) is 0.245. The molecule has 2 N–H and O–H groups in total. The molecular formula is C24H15Cl2N2O2. The van der Waals surface area contributed by atoms with Crippen molar-refractivity contribution in [2.24, 2.45) is 5.73 Å². The first-order valence-electron chi connectivity index (χ1n) is 9.28. The molecule has 0 unspecified atom stereocenters. The molecule has 0 saturated carbocycles. The van der Waals surface area contributed by atoms with E-state index in [2.05, 4.69) is 10.6 Å². The SMILES string of the molecule is NC(=O)c1cccc2c1c1[c]cc(-c3ccco3)cc1n2Cc1c(Cl)cccc1Cl. The van der Waals surface area contributed by atoms with E-state index in [0.29, 0.717) is 22.2 Å². The van der Waals surface area contributed by atoms with E-state index in [1.54, 1.807) is 12.3 Å². The highest BCUT2D eigenvalue weighted by Crippen LogP contribution is 2.36. The highest BCUT2D eigenvalue weighted by Gasteiger charge is 2.19. The first-order chi connectivity index (χ1) is 14.5. The van der Waals surface area contributed by atoms with E-state index in [4.69, 9.17) is 33.4 Å². The third kappa shape index (κ3) is 2.96. The van der Waals surface area contributed by atoms with Crippen LogP contribution in [0.5, 0.6) is 0 Å². The summed E-state index contributed by atoms with van der Waals surface area (Å²) in [6, 6.07) is 21.9. The predicted octanol–water partition coefficient (Wildman–Crippen LogP) is 6.31. The highest BCUT2D eigenvalue weighted by molar-refractivity contribution is 6.36. The molecule has 0 aliphatic carbocycles. The lowest BCUT2D eigenvalue weighted by Crippen LogP contribution is -2.11. The van der Waals surface area contributed by atoms with Crippen LogP contribution in [-0.2, 0) is 6.54 Å². The van der Waals surface area contributed by atoms with Crippen molar-refractivity contribution >= 4 is 50.9 Å². The van der Waals surface area contributed by atoms with Gasteiger partial charge in [0.05, 0.1) is 23.8 Å². The van der Waals surface area contributed by atoms with Gasteiger partial charge in [0.1, 0.15) is 5.76 Å². The molecule has 30 heavy (non-hydrogen) atoms. The van der Waals surface area contributed by atoms with Gasteiger partial charge in [-0.15, -0.1) is 0 Å². The van der Waals surface area contributed by atoms with Gasteiger partial charge in [-0.2, -0.15) is 0 Å². The minimum atomic E-state index is -0.487. The number of rotatable bonds is 4. The molecule has 1 radical (unpaired) electrons. The molecule has 0 fully saturated rings. The number of nitrogens with two attached hydrogens (primary N) is 1. The van der Waals surface area contributed by atoms with E-state index in [1.165, 1.54) is 0 Å². The van der Waals surface area contributed by atoms with Crippen LogP contribution >= 0.6 is 23.2 Å². The summed E-state index contributed by atoms with van der Waals surface area (Å²) >= 11 is 12.9. The molecule has 0 atom stereocenters. The monoisotopic (exact) mass is 433 g/mol. The summed E-state index contributed by atoms with van der Waals surface area (Å²) in [5.41, 5.74) is 9.52. The number of halogens is 2. The van der Waals surface area contributed by atoms with E-state index in [0.717, 1.165) is 38.7 Å². The Balaban J connectivity index is 1.85. The number of hydrogen-bond donors (Lipinski definition) is 1. The number of aromatic nitrogens is 1. The van der Waals surface area contributed by atoms with Gasteiger partial charge in [-0.05, 0) is 54.6 Å². The third-order valence-corrected chi connectivity index (χ3v) is 5.95. The number of benzene rings is 3. The number of amides is 1. The minimum Gasteiger partial charge on any atom is -0.464 e. The largest absolute Gasteiger partial charge is 0.464 e. The molecule has 6 heteroatoms. The molecule has 0 spiro atoms. The Morgan fingerprint density at radius 2 is 1.80 bits per heavy atom. The average Bonchev–Trinajstić information content (AvgIpc) is 3.37. The first kappa shape index (κ1) is 18.8. The number of fused-ring (bicyclic) bond motifs is 3. The van der Waals surface area contributed by atoms with Crippen molar-refractivity contribution in [3.05, 3.63) is 94.2 Å². The van der Waals surface area contributed by atoms with Gasteiger partial charge < -0.3 is 14.7 Å². The number of hydrogen-bond acceptors (Lipinski definition) is 2. The standard InChI is InChI=1S/C24H15Cl2N2O2/c25-18-5-2-6-19(26)17(18)13-28-20-7-1-4-16(24(27)29)23(20)15-10-9-14(12-21(15)28)22-8-3-11-30-22/h1-9,11-12H,13H2,(H2,27,29). The van der Waals surface area contributed by atoms with Gasteiger partial charge in [-0.1, -0.05) is 35.3 Å². The van der Waals surface area contributed by atoms with Crippen molar-refractivity contribution < 1.29 is 9.21 Å². The van der Waals surface area contributed by atoms with Crippen LogP contribution in [0.15, 0.2) is 71.3 Å². The summed E-state index contributed by atoms with van der Waals surface area (Å²) < 4.78 is 7.63. The molecule has 2 heterocycles. The maximum Gasteiger partial charge on any atom is 0.249 e. The molecule has 0 saturated heterocycles. The smallest absolute Gasteiger partial charge is 0.249 e. The molecule has 147 valence electrons.